The van der Waals surface area contributed by atoms with Gasteiger partial charge in [0, 0.05) is 36.8 Å². The number of aromatic amines is 1. The first kappa shape index (κ1) is 31.7. The number of aliphatic carboxylic acids is 1. The van der Waals surface area contributed by atoms with Crippen LogP contribution in [0.1, 0.15) is 39.1 Å². The number of Topliss-reactive ketones (excluding diaryl/α,β-unsaturated/α-hetero) is 1. The highest BCUT2D eigenvalue weighted by Gasteiger charge is 2.43. The summed E-state index contributed by atoms with van der Waals surface area (Å²) in [6, 6.07) is 10.9. The number of carbonyl (C=O) groups excluding carboxylic acids is 3. The number of carbonyl (C=O) groups is 4. The molecule has 3 amide bonds. The van der Waals surface area contributed by atoms with Gasteiger partial charge in [-0.3, -0.25) is 14.6 Å². The quantitative estimate of drug-likeness (QED) is 0.201. The van der Waals surface area contributed by atoms with Crippen LogP contribution in [0.25, 0.3) is 0 Å². The molecule has 0 spiro atoms. The second-order valence-corrected chi connectivity index (χ2v) is 10.4. The number of nitrogens with zero attached hydrogens (tertiary/aromatic N) is 2. The molecule has 14 heteroatoms. The Morgan fingerprint density at radius 3 is 2.25 bits per heavy atom. The first-order chi connectivity index (χ1) is 21.1. The molecule has 232 valence electrons. The summed E-state index contributed by atoms with van der Waals surface area (Å²) in [7, 11) is 4.67. The molecule has 1 unspecified atom stereocenters. The zero-order valence-electron chi connectivity index (χ0n) is 24.5. The van der Waals surface area contributed by atoms with Gasteiger partial charge in [0.05, 0.1) is 14.2 Å². The number of carboxylic acids is 1. The topological polar surface area (TPSA) is 192 Å². The molecule has 5 N–H and O–H groups in total. The number of ether oxygens (including phenoxy) is 2. The number of piperidine rings is 1. The number of ketones is 1. The maximum Gasteiger partial charge on any atom is 0.346 e. The lowest BCUT2D eigenvalue weighted by molar-refractivity contribution is -0.139. The van der Waals surface area contributed by atoms with Gasteiger partial charge >= 0.3 is 17.7 Å². The van der Waals surface area contributed by atoms with Crippen molar-refractivity contribution < 1.29 is 33.8 Å². The number of methoxy groups -OCH3 is 2. The lowest BCUT2D eigenvalue weighted by Crippen LogP contribution is -2.62. The normalized spacial score (nSPS) is 15.0. The molecule has 0 aliphatic carbocycles. The first-order valence-electron chi connectivity index (χ1n) is 13.8. The third-order valence-electron chi connectivity index (χ3n) is 7.48. The summed E-state index contributed by atoms with van der Waals surface area (Å²) in [6.45, 7) is 1.09. The minimum Gasteiger partial charge on any atom is -0.496 e. The highest BCUT2D eigenvalue weighted by molar-refractivity contribution is 6.08. The minimum absolute atomic E-state index is 0.0416. The molecule has 4 rings (SSSR count). The number of anilines is 1. The number of hydrogen-bond acceptors (Lipinski definition) is 9. The SMILES string of the molecule is COc1cccc(OC)c1C(=O)Nc1[nH]c(=O)ncc1CC(NC(=O)NC1(C(=O)c2ccccc2)CCN(C)CC1)C(=O)O. The lowest BCUT2D eigenvalue weighted by Gasteiger charge is -2.40. The Kier molecular flexibility index (Phi) is 9.95. The smallest absolute Gasteiger partial charge is 0.346 e. The van der Waals surface area contributed by atoms with E-state index in [0.29, 0.717) is 31.5 Å². The largest absolute Gasteiger partial charge is 0.496 e. The Balaban J connectivity index is 1.56. The fourth-order valence-corrected chi connectivity index (χ4v) is 5.04. The van der Waals surface area contributed by atoms with Gasteiger partial charge in [0.2, 0.25) is 0 Å². The van der Waals surface area contributed by atoms with E-state index in [1.54, 1.807) is 48.5 Å². The maximum absolute atomic E-state index is 13.6. The molecular weight excluding hydrogens is 572 g/mol. The van der Waals surface area contributed by atoms with Crippen LogP contribution in [0.2, 0.25) is 0 Å². The van der Waals surface area contributed by atoms with Crippen molar-refractivity contribution >= 4 is 29.5 Å². The van der Waals surface area contributed by atoms with Gasteiger partial charge in [0.15, 0.2) is 5.78 Å². The van der Waals surface area contributed by atoms with Crippen molar-refractivity contribution in [1.29, 1.82) is 0 Å². The number of benzene rings is 2. The molecule has 1 aliphatic heterocycles. The van der Waals surface area contributed by atoms with Gasteiger partial charge in [-0.2, -0.15) is 0 Å². The van der Waals surface area contributed by atoms with Crippen molar-refractivity contribution in [2.24, 2.45) is 0 Å². The van der Waals surface area contributed by atoms with E-state index < -0.39 is 35.2 Å². The van der Waals surface area contributed by atoms with E-state index in [9.17, 15) is 29.1 Å². The first-order valence-corrected chi connectivity index (χ1v) is 13.8. The van der Waals surface area contributed by atoms with Gasteiger partial charge < -0.3 is 35.4 Å². The molecule has 1 fully saturated rings. The number of carboxylic acid groups (broad SMARTS) is 1. The Hall–Kier alpha value is -5.24. The van der Waals surface area contributed by atoms with E-state index in [4.69, 9.17) is 9.47 Å². The van der Waals surface area contributed by atoms with E-state index in [0.717, 1.165) is 6.20 Å². The number of nitrogens with one attached hydrogen (secondary N) is 4. The molecule has 2 aromatic carbocycles. The van der Waals surface area contributed by atoms with Crippen molar-refractivity contribution in [3.8, 4) is 11.5 Å². The number of likely N-dealkylation sites (tertiary alicyclic amines) is 1. The number of aromatic nitrogens is 2. The van der Waals surface area contributed by atoms with Crippen molar-refractivity contribution in [2.45, 2.75) is 30.8 Å². The zero-order valence-corrected chi connectivity index (χ0v) is 24.5. The average Bonchev–Trinajstić information content (AvgIpc) is 3.02. The molecule has 0 bridgehead atoms. The van der Waals surface area contributed by atoms with Crippen molar-refractivity contribution in [2.75, 3.05) is 39.7 Å². The Morgan fingerprint density at radius 2 is 1.66 bits per heavy atom. The van der Waals surface area contributed by atoms with Crippen LogP contribution < -0.4 is 31.1 Å². The summed E-state index contributed by atoms with van der Waals surface area (Å²) in [5.41, 5.74) is -1.45. The Bertz CT molecular complexity index is 1560. The molecule has 44 heavy (non-hydrogen) atoms. The molecule has 2 heterocycles. The van der Waals surface area contributed by atoms with Crippen molar-refractivity contribution in [3.05, 3.63) is 81.9 Å². The van der Waals surface area contributed by atoms with Gasteiger partial charge in [0.25, 0.3) is 5.91 Å². The number of rotatable bonds is 11. The summed E-state index contributed by atoms with van der Waals surface area (Å²) in [4.78, 5) is 72.5. The van der Waals surface area contributed by atoms with Gasteiger partial charge in [-0.05, 0) is 32.0 Å². The standard InChI is InChI=1S/C30H34N6O8/c1-36-14-12-30(13-15-36,24(37)18-8-5-4-6-9-18)35-29(42)32-20(27(39)40)16-19-17-31-28(41)34-25(19)33-26(38)23-21(43-2)10-7-11-22(23)44-3/h4-11,17,20H,12-16H2,1-3H3,(H,39,40)(H2,32,35,42)(H2,31,33,34,38,41). The van der Waals surface area contributed by atoms with Crippen molar-refractivity contribution in [3.63, 3.8) is 0 Å². The van der Waals surface area contributed by atoms with E-state index in [2.05, 4.69) is 25.9 Å². The third kappa shape index (κ3) is 7.21. The molecule has 3 aromatic rings. The molecule has 14 nitrogen and oxygen atoms in total. The van der Waals surface area contributed by atoms with E-state index in [-0.39, 0.29) is 40.6 Å². The summed E-state index contributed by atoms with van der Waals surface area (Å²) in [5.74, 6) is -2.08. The monoisotopic (exact) mass is 606 g/mol. The Morgan fingerprint density at radius 1 is 1.02 bits per heavy atom. The van der Waals surface area contributed by atoms with Crippen LogP contribution in [0.15, 0.2) is 59.5 Å². The predicted octanol–water partition coefficient (Wildman–Crippen LogP) is 1.68. The lowest BCUT2D eigenvalue weighted by atomic mass is 9.80. The minimum atomic E-state index is -1.52. The summed E-state index contributed by atoms with van der Waals surface area (Å²) < 4.78 is 10.6. The van der Waals surface area contributed by atoms with Crippen LogP contribution in [0.5, 0.6) is 11.5 Å². The molecule has 0 saturated carbocycles. The fraction of sp³-hybridized carbons (Fsp3) is 0.333. The van der Waals surface area contributed by atoms with Crippen LogP contribution in [0, 0.1) is 0 Å². The van der Waals surface area contributed by atoms with E-state index in [1.807, 2.05) is 11.9 Å². The molecule has 0 radical (unpaired) electrons. The molecule has 1 aromatic heterocycles. The van der Waals surface area contributed by atoms with Crippen molar-refractivity contribution in [1.82, 2.24) is 25.5 Å². The summed E-state index contributed by atoms with van der Waals surface area (Å²) >= 11 is 0. The fourth-order valence-electron chi connectivity index (χ4n) is 5.04. The van der Waals surface area contributed by atoms with Gasteiger partial charge in [0.1, 0.15) is 34.5 Å². The number of urea groups is 1. The van der Waals surface area contributed by atoms with Gasteiger partial charge in [-0.1, -0.05) is 36.4 Å². The number of amides is 3. The third-order valence-corrected chi connectivity index (χ3v) is 7.48. The predicted molar refractivity (Wildman–Crippen MR) is 159 cm³/mol. The van der Waals surface area contributed by atoms with Crippen LogP contribution in [-0.2, 0) is 11.2 Å². The maximum atomic E-state index is 13.6. The Labute approximate surface area is 252 Å². The van der Waals surface area contributed by atoms with Crippen LogP contribution in [0.4, 0.5) is 10.6 Å². The van der Waals surface area contributed by atoms with Gasteiger partial charge in [-0.25, -0.2) is 19.4 Å². The second kappa shape index (κ2) is 13.8. The molecular formula is C30H34N6O8. The van der Waals surface area contributed by atoms with Gasteiger partial charge in [-0.15, -0.1) is 0 Å². The summed E-state index contributed by atoms with van der Waals surface area (Å²) in [6.07, 6.45) is 1.40. The van der Waals surface area contributed by atoms with E-state index in [1.165, 1.54) is 14.2 Å². The van der Waals surface area contributed by atoms with E-state index >= 15 is 0 Å². The summed E-state index contributed by atoms with van der Waals surface area (Å²) in [5, 5.41) is 17.7. The second-order valence-electron chi connectivity index (χ2n) is 10.4. The van der Waals surface area contributed by atoms with Crippen LogP contribution in [0.3, 0.4) is 0 Å². The van der Waals surface area contributed by atoms with Crippen LogP contribution >= 0.6 is 0 Å². The highest BCUT2D eigenvalue weighted by atomic mass is 16.5. The molecule has 1 aliphatic rings. The number of hydrogen-bond donors (Lipinski definition) is 5. The molecule has 1 saturated heterocycles. The van der Waals surface area contributed by atoms with Crippen LogP contribution in [-0.4, -0.2) is 89.6 Å². The number of H-pyrrole nitrogens is 1. The molecule has 1 atom stereocenters. The zero-order chi connectivity index (χ0) is 31.9. The highest BCUT2D eigenvalue weighted by Crippen LogP contribution is 2.29. The average molecular weight is 607 g/mol.